The van der Waals surface area contributed by atoms with E-state index in [-0.39, 0.29) is 0 Å². The van der Waals surface area contributed by atoms with Crippen molar-refractivity contribution >= 4 is 97.7 Å². The predicted molar refractivity (Wildman–Crippen MR) is 240 cm³/mol. The Morgan fingerprint density at radius 1 is 0.309 bits per heavy atom. The van der Waals surface area contributed by atoms with Crippen molar-refractivity contribution in [3.05, 3.63) is 200 Å². The first kappa shape index (κ1) is 32.1. The Balaban J connectivity index is 1.25. The number of fused-ring (bicyclic) bond motifs is 10. The van der Waals surface area contributed by atoms with Crippen LogP contribution in [0, 0.1) is 0 Å². The van der Waals surface area contributed by atoms with Crippen molar-refractivity contribution < 1.29 is 4.57 Å². The van der Waals surface area contributed by atoms with Crippen LogP contribution < -0.4 is 15.9 Å². The van der Waals surface area contributed by atoms with Crippen LogP contribution in [0.1, 0.15) is 0 Å². The number of thiophene rings is 1. The Morgan fingerprint density at radius 3 is 1.27 bits per heavy atom. The Morgan fingerprint density at radius 2 is 0.727 bits per heavy atom. The molecule has 0 amide bonds. The molecule has 0 aliphatic carbocycles. The minimum atomic E-state index is -3.15. The molecule has 1 aromatic heterocycles. The van der Waals surface area contributed by atoms with Crippen molar-refractivity contribution in [2.45, 2.75) is 0 Å². The highest BCUT2D eigenvalue weighted by molar-refractivity contribution is 7.85. The molecule has 0 aliphatic heterocycles. The van der Waals surface area contributed by atoms with Crippen LogP contribution in [0.3, 0.4) is 0 Å². The van der Waals surface area contributed by atoms with E-state index in [2.05, 4.69) is 140 Å². The second kappa shape index (κ2) is 12.6. The first-order valence-corrected chi connectivity index (χ1v) is 21.2. The van der Waals surface area contributed by atoms with Crippen LogP contribution >= 0.6 is 18.5 Å². The first-order chi connectivity index (χ1) is 27.2. The van der Waals surface area contributed by atoms with Crippen molar-refractivity contribution in [3.63, 3.8) is 0 Å². The molecule has 0 bridgehead atoms. The summed E-state index contributed by atoms with van der Waals surface area (Å²) >= 11 is 1.80. The average molecular weight is 737 g/mol. The smallest absolute Gasteiger partial charge is 0.171 e. The number of hydrogen-bond donors (Lipinski definition) is 0. The third kappa shape index (κ3) is 4.89. The summed E-state index contributed by atoms with van der Waals surface area (Å²) in [5, 5.41) is 14.9. The van der Waals surface area contributed by atoms with Gasteiger partial charge in [0.05, 0.1) is 0 Å². The molecule has 0 radical (unpaired) electrons. The zero-order chi connectivity index (χ0) is 36.5. The van der Waals surface area contributed by atoms with Gasteiger partial charge in [-0.3, -0.25) is 0 Å². The molecule has 11 aromatic rings. The van der Waals surface area contributed by atoms with Gasteiger partial charge in [0.15, 0.2) is 7.14 Å². The van der Waals surface area contributed by atoms with E-state index in [4.69, 9.17) is 0 Å². The van der Waals surface area contributed by atoms with Gasteiger partial charge in [0, 0.05) is 36.1 Å². The van der Waals surface area contributed by atoms with Crippen LogP contribution in [0.5, 0.6) is 0 Å². The maximum absolute atomic E-state index is 15.5. The van der Waals surface area contributed by atoms with Crippen molar-refractivity contribution in [1.82, 2.24) is 0 Å². The topological polar surface area (TPSA) is 17.1 Å². The van der Waals surface area contributed by atoms with E-state index < -0.39 is 7.14 Å². The molecule has 3 heteroatoms. The Kier molecular flexibility index (Phi) is 7.39. The normalized spacial score (nSPS) is 12.1. The number of rotatable bonds is 5. The fraction of sp³-hybridized carbons (Fsp3) is 0. The van der Waals surface area contributed by atoms with Gasteiger partial charge in [-0.25, -0.2) is 0 Å². The lowest BCUT2D eigenvalue weighted by Gasteiger charge is -2.21. The third-order valence-corrected chi connectivity index (χ3v) is 15.5. The maximum Gasteiger partial charge on any atom is 0.171 e. The fourth-order valence-electron chi connectivity index (χ4n) is 8.89. The monoisotopic (exact) mass is 736 g/mol. The molecule has 0 saturated heterocycles. The molecular weight excluding hydrogens is 704 g/mol. The molecule has 0 fully saturated rings. The number of benzene rings is 10. The van der Waals surface area contributed by atoms with Crippen molar-refractivity contribution in [3.8, 4) is 22.3 Å². The van der Waals surface area contributed by atoms with Gasteiger partial charge in [0.2, 0.25) is 0 Å². The molecule has 258 valence electrons. The lowest BCUT2D eigenvalue weighted by atomic mass is 9.81. The highest BCUT2D eigenvalue weighted by atomic mass is 32.1. The molecule has 0 spiro atoms. The minimum absolute atomic E-state index is 0.844. The van der Waals surface area contributed by atoms with E-state index in [0.717, 1.165) is 21.3 Å². The molecular formula is C52H33OPS. The van der Waals surface area contributed by atoms with E-state index in [1.165, 1.54) is 80.1 Å². The van der Waals surface area contributed by atoms with Crippen molar-refractivity contribution in [1.29, 1.82) is 0 Å². The van der Waals surface area contributed by atoms with Crippen LogP contribution in [-0.4, -0.2) is 0 Å². The zero-order valence-corrected chi connectivity index (χ0v) is 31.5. The molecule has 0 aliphatic rings. The van der Waals surface area contributed by atoms with Crippen LogP contribution in [0.15, 0.2) is 200 Å². The van der Waals surface area contributed by atoms with Crippen LogP contribution in [0.4, 0.5) is 0 Å². The third-order valence-electron chi connectivity index (χ3n) is 11.3. The second-order valence-electron chi connectivity index (χ2n) is 14.3. The summed E-state index contributed by atoms with van der Waals surface area (Å²) in [6, 6.07) is 71.0. The summed E-state index contributed by atoms with van der Waals surface area (Å²) in [5.41, 5.74) is 4.89. The molecule has 0 atom stereocenters. The van der Waals surface area contributed by atoms with Gasteiger partial charge in [0.25, 0.3) is 0 Å². The van der Waals surface area contributed by atoms with E-state index in [9.17, 15) is 0 Å². The Labute approximate surface area is 323 Å². The summed E-state index contributed by atoms with van der Waals surface area (Å²) in [4.78, 5) is 0. The van der Waals surface area contributed by atoms with E-state index in [0.29, 0.717) is 0 Å². The van der Waals surface area contributed by atoms with Gasteiger partial charge in [-0.15, -0.1) is 11.3 Å². The van der Waals surface area contributed by atoms with Gasteiger partial charge >= 0.3 is 0 Å². The van der Waals surface area contributed by atoms with Crippen LogP contribution in [-0.2, 0) is 4.57 Å². The largest absolute Gasteiger partial charge is 0.309 e. The maximum atomic E-state index is 15.5. The standard InChI is InChI=1S/C52H33OPS/c53-54(36-18-6-2-7-19-36,37-20-8-3-9-21-37)38-29-31-48-46(33-38)45-32-35(28-30-47(45)55-48)50-44-27-15-14-26-43(44)49(34-16-4-1-5-17-34)51-41-24-12-10-22-39(41)40-23-11-13-25-42(40)52(50)51/h1-33H. The number of hydrogen-bond acceptors (Lipinski definition) is 2. The summed E-state index contributed by atoms with van der Waals surface area (Å²) < 4.78 is 17.9. The lowest BCUT2D eigenvalue weighted by Crippen LogP contribution is -2.24. The summed E-state index contributed by atoms with van der Waals surface area (Å²) in [6.45, 7) is 0. The van der Waals surface area contributed by atoms with Gasteiger partial charge in [-0.1, -0.05) is 170 Å². The van der Waals surface area contributed by atoms with Crippen LogP contribution in [0.2, 0.25) is 0 Å². The molecule has 1 heterocycles. The molecule has 0 unspecified atom stereocenters. The van der Waals surface area contributed by atoms with Gasteiger partial charge in [-0.2, -0.15) is 0 Å². The molecule has 0 N–H and O–H groups in total. The molecule has 0 saturated carbocycles. The predicted octanol–water partition coefficient (Wildman–Crippen LogP) is 13.6. The quantitative estimate of drug-likeness (QED) is 0.0977. The zero-order valence-electron chi connectivity index (χ0n) is 29.8. The molecule has 10 aromatic carbocycles. The van der Waals surface area contributed by atoms with Gasteiger partial charge < -0.3 is 4.57 Å². The minimum Gasteiger partial charge on any atom is -0.309 e. The molecule has 1 nitrogen and oxygen atoms in total. The van der Waals surface area contributed by atoms with Crippen molar-refractivity contribution in [2.75, 3.05) is 0 Å². The highest BCUT2D eigenvalue weighted by Gasteiger charge is 2.30. The Hall–Kier alpha value is -6.31. The molecule has 11 rings (SSSR count). The van der Waals surface area contributed by atoms with Crippen molar-refractivity contribution in [2.24, 2.45) is 0 Å². The SMILES string of the molecule is O=P(c1ccccc1)(c1ccccc1)c1ccc2sc3ccc(-c4c5ccccc5c(-c5ccccc5)c5c6ccccc6c6ccccc6c45)cc3c2c1. The average Bonchev–Trinajstić information content (AvgIpc) is 3.63. The summed E-state index contributed by atoms with van der Waals surface area (Å²) in [5.74, 6) is 0. The lowest BCUT2D eigenvalue weighted by molar-refractivity contribution is 0.592. The highest BCUT2D eigenvalue weighted by Crippen LogP contribution is 2.51. The van der Waals surface area contributed by atoms with E-state index in [1.807, 2.05) is 60.7 Å². The summed E-state index contributed by atoms with van der Waals surface area (Å²) in [6.07, 6.45) is 0. The van der Waals surface area contributed by atoms with Crippen LogP contribution in [0.25, 0.3) is 85.5 Å². The first-order valence-electron chi connectivity index (χ1n) is 18.7. The fourth-order valence-corrected chi connectivity index (χ4v) is 12.6. The Bertz CT molecular complexity index is 3290. The van der Waals surface area contributed by atoms with E-state index >= 15 is 4.57 Å². The second-order valence-corrected chi connectivity index (χ2v) is 18.1. The van der Waals surface area contributed by atoms with Gasteiger partial charge in [-0.05, 0) is 95.7 Å². The van der Waals surface area contributed by atoms with E-state index in [1.54, 1.807) is 11.3 Å². The summed E-state index contributed by atoms with van der Waals surface area (Å²) in [7, 11) is -3.15. The molecule has 55 heavy (non-hydrogen) atoms. The van der Waals surface area contributed by atoms with Gasteiger partial charge in [0.1, 0.15) is 0 Å².